The zero-order valence-electron chi connectivity index (χ0n) is 17.0. The Labute approximate surface area is 198 Å². The van der Waals surface area contributed by atoms with Gasteiger partial charge in [-0.25, -0.2) is 8.42 Å². The van der Waals surface area contributed by atoms with Gasteiger partial charge in [0.15, 0.2) is 4.80 Å². The highest BCUT2D eigenvalue weighted by Gasteiger charge is 2.16. The lowest BCUT2D eigenvalue weighted by Crippen LogP contribution is -2.15. The van der Waals surface area contributed by atoms with E-state index in [0.29, 0.717) is 20.4 Å². The van der Waals surface area contributed by atoms with Gasteiger partial charge in [0.2, 0.25) is 0 Å². The van der Waals surface area contributed by atoms with E-state index in [9.17, 15) is 13.2 Å². The highest BCUT2D eigenvalue weighted by Crippen LogP contribution is 2.31. The number of rotatable bonds is 4. The van der Waals surface area contributed by atoms with Crippen molar-refractivity contribution in [1.29, 1.82) is 0 Å². The Morgan fingerprint density at radius 2 is 1.78 bits per heavy atom. The Balaban J connectivity index is 1.66. The molecule has 0 aliphatic rings. The van der Waals surface area contributed by atoms with Crippen molar-refractivity contribution < 1.29 is 13.2 Å². The van der Waals surface area contributed by atoms with E-state index in [1.54, 1.807) is 48.0 Å². The van der Waals surface area contributed by atoms with Crippen LogP contribution in [0.2, 0.25) is 10.0 Å². The first-order valence-corrected chi connectivity index (χ1v) is 12.4. The summed E-state index contributed by atoms with van der Waals surface area (Å²) in [6, 6.07) is 16.2. The van der Waals surface area contributed by atoms with Crippen LogP contribution in [-0.2, 0) is 17.1 Å². The number of nitrogens with one attached hydrogen (secondary N) is 1. The number of nitrogens with zero attached hydrogens (tertiary/aromatic N) is 2. The van der Waals surface area contributed by atoms with Crippen molar-refractivity contribution in [1.82, 2.24) is 4.57 Å². The third-order valence-corrected chi connectivity index (χ3v) is 8.03. The molecule has 0 aliphatic heterocycles. The normalized spacial score (nSPS) is 12.3. The summed E-state index contributed by atoms with van der Waals surface area (Å²) in [5, 5.41) is 0.809. The van der Waals surface area contributed by atoms with Crippen LogP contribution in [-0.4, -0.2) is 18.9 Å². The van der Waals surface area contributed by atoms with Crippen LogP contribution in [0.1, 0.15) is 15.9 Å². The third-order valence-electron chi connectivity index (χ3n) is 4.75. The van der Waals surface area contributed by atoms with Gasteiger partial charge in [0.05, 0.1) is 25.2 Å². The number of benzene rings is 3. The number of amides is 1. The second kappa shape index (κ2) is 8.71. The number of aromatic nitrogens is 1. The molecule has 32 heavy (non-hydrogen) atoms. The first-order valence-electron chi connectivity index (χ1n) is 9.38. The molecule has 0 atom stereocenters. The molecule has 1 aromatic heterocycles. The van der Waals surface area contributed by atoms with Gasteiger partial charge < -0.3 is 4.57 Å². The fourth-order valence-corrected chi connectivity index (χ4v) is 5.65. The van der Waals surface area contributed by atoms with E-state index in [4.69, 9.17) is 23.2 Å². The van der Waals surface area contributed by atoms with Crippen molar-refractivity contribution in [2.45, 2.75) is 11.8 Å². The van der Waals surface area contributed by atoms with Crippen molar-refractivity contribution >= 4 is 66.4 Å². The predicted molar refractivity (Wildman–Crippen MR) is 129 cm³/mol. The molecule has 0 fully saturated rings. The van der Waals surface area contributed by atoms with Gasteiger partial charge in [-0.3, -0.25) is 9.52 Å². The van der Waals surface area contributed by atoms with Crippen molar-refractivity contribution in [3.05, 3.63) is 86.6 Å². The Kier molecular flexibility index (Phi) is 6.13. The molecule has 0 radical (unpaired) electrons. The number of hydrogen-bond donors (Lipinski definition) is 1. The molecule has 1 heterocycles. The van der Waals surface area contributed by atoms with Gasteiger partial charge >= 0.3 is 0 Å². The SMILES string of the molecule is Cc1ccc(S(=O)(=O)Nc2cccc(C(=O)N=c3sc4ccc(Cl)c(Cl)c4n3C)c2)cc1. The van der Waals surface area contributed by atoms with E-state index in [0.717, 1.165) is 10.3 Å². The van der Waals surface area contributed by atoms with Crippen molar-refractivity contribution in [2.24, 2.45) is 12.0 Å². The molecule has 1 N–H and O–H groups in total. The second-order valence-electron chi connectivity index (χ2n) is 7.07. The average Bonchev–Trinajstić information content (AvgIpc) is 3.07. The minimum atomic E-state index is -3.79. The Morgan fingerprint density at radius 3 is 2.50 bits per heavy atom. The molecule has 3 aromatic carbocycles. The smallest absolute Gasteiger partial charge is 0.279 e. The molecule has 0 unspecified atom stereocenters. The highest BCUT2D eigenvalue weighted by atomic mass is 35.5. The predicted octanol–water partition coefficient (Wildman–Crippen LogP) is 5.40. The van der Waals surface area contributed by atoms with Crippen LogP contribution in [0, 0.1) is 6.92 Å². The van der Waals surface area contributed by atoms with E-state index in [2.05, 4.69) is 9.71 Å². The molecule has 164 valence electrons. The van der Waals surface area contributed by atoms with Gasteiger partial charge in [-0.1, -0.05) is 58.3 Å². The molecule has 0 saturated carbocycles. The van der Waals surface area contributed by atoms with E-state index in [-0.39, 0.29) is 16.1 Å². The van der Waals surface area contributed by atoms with Crippen LogP contribution in [0.25, 0.3) is 10.2 Å². The summed E-state index contributed by atoms with van der Waals surface area (Å²) < 4.78 is 30.3. The Bertz CT molecular complexity index is 1520. The van der Waals surface area contributed by atoms with E-state index >= 15 is 0 Å². The lowest BCUT2D eigenvalue weighted by molar-refractivity contribution is 0.0998. The first kappa shape index (κ1) is 22.5. The monoisotopic (exact) mass is 505 g/mol. The van der Waals surface area contributed by atoms with Gasteiger partial charge in [0.1, 0.15) is 0 Å². The molecule has 0 saturated heterocycles. The summed E-state index contributed by atoms with van der Waals surface area (Å²) in [4.78, 5) is 17.6. The number of aryl methyl sites for hydroxylation is 2. The van der Waals surface area contributed by atoms with Crippen LogP contribution < -0.4 is 9.52 Å². The van der Waals surface area contributed by atoms with Gasteiger partial charge in [-0.15, -0.1) is 0 Å². The topological polar surface area (TPSA) is 80.5 Å². The molecular formula is C22H17Cl2N3O3S2. The van der Waals surface area contributed by atoms with Crippen molar-refractivity contribution in [3.63, 3.8) is 0 Å². The lowest BCUT2D eigenvalue weighted by atomic mass is 10.2. The summed E-state index contributed by atoms with van der Waals surface area (Å²) in [5.74, 6) is -0.509. The third kappa shape index (κ3) is 4.45. The fraction of sp³-hybridized carbons (Fsp3) is 0.0909. The van der Waals surface area contributed by atoms with E-state index in [1.807, 2.05) is 13.0 Å². The van der Waals surface area contributed by atoms with Crippen LogP contribution in [0.5, 0.6) is 0 Å². The van der Waals surface area contributed by atoms with Crippen LogP contribution in [0.4, 0.5) is 5.69 Å². The number of anilines is 1. The molecule has 1 amide bonds. The summed E-state index contributed by atoms with van der Waals surface area (Å²) in [5.41, 5.74) is 2.16. The second-order valence-corrected chi connectivity index (χ2v) is 10.5. The van der Waals surface area contributed by atoms with Crippen molar-refractivity contribution in [3.8, 4) is 0 Å². The number of carbonyl (C=O) groups excluding carboxylic acids is 1. The Morgan fingerprint density at radius 1 is 1.06 bits per heavy atom. The summed E-state index contributed by atoms with van der Waals surface area (Å²) in [7, 11) is -2.04. The largest absolute Gasteiger partial charge is 0.318 e. The average molecular weight is 506 g/mol. The molecular weight excluding hydrogens is 489 g/mol. The first-order chi connectivity index (χ1) is 15.2. The maximum absolute atomic E-state index is 12.8. The molecule has 6 nitrogen and oxygen atoms in total. The Hall–Kier alpha value is -2.65. The van der Waals surface area contributed by atoms with Gasteiger partial charge in [0.25, 0.3) is 15.9 Å². The zero-order valence-corrected chi connectivity index (χ0v) is 20.1. The molecule has 4 rings (SSSR count). The quantitative estimate of drug-likeness (QED) is 0.403. The number of fused-ring (bicyclic) bond motifs is 1. The van der Waals surface area contributed by atoms with E-state index < -0.39 is 15.9 Å². The standard InChI is InChI=1S/C22H17Cl2N3O3S2/c1-13-6-8-16(9-7-13)32(29,30)26-15-5-3-4-14(12-15)21(28)25-22-27(2)20-18(31-22)11-10-17(23)19(20)24/h3-12,26H,1-2H3. The summed E-state index contributed by atoms with van der Waals surface area (Å²) in [6.45, 7) is 1.88. The number of halogens is 2. The zero-order chi connectivity index (χ0) is 23.0. The lowest BCUT2D eigenvalue weighted by Gasteiger charge is -2.09. The number of hydrogen-bond acceptors (Lipinski definition) is 4. The van der Waals surface area contributed by atoms with Crippen LogP contribution in [0.15, 0.2) is 70.6 Å². The maximum Gasteiger partial charge on any atom is 0.279 e. The maximum atomic E-state index is 12.8. The molecule has 0 bridgehead atoms. The molecule has 0 aliphatic carbocycles. The minimum absolute atomic E-state index is 0.136. The molecule has 0 spiro atoms. The van der Waals surface area contributed by atoms with Gasteiger partial charge in [-0.2, -0.15) is 4.99 Å². The number of carbonyl (C=O) groups is 1. The fourth-order valence-electron chi connectivity index (χ4n) is 3.08. The van der Waals surface area contributed by atoms with Crippen LogP contribution in [0.3, 0.4) is 0 Å². The van der Waals surface area contributed by atoms with Gasteiger partial charge in [0, 0.05) is 18.3 Å². The van der Waals surface area contributed by atoms with Crippen LogP contribution >= 0.6 is 34.5 Å². The van der Waals surface area contributed by atoms with E-state index in [1.165, 1.54) is 29.5 Å². The molecule has 4 aromatic rings. The van der Waals surface area contributed by atoms with Gasteiger partial charge in [-0.05, 0) is 49.4 Å². The molecule has 10 heteroatoms. The van der Waals surface area contributed by atoms with Crippen molar-refractivity contribution in [2.75, 3.05) is 4.72 Å². The summed E-state index contributed by atoms with van der Waals surface area (Å²) in [6.07, 6.45) is 0. The number of sulfonamides is 1. The highest BCUT2D eigenvalue weighted by molar-refractivity contribution is 7.92. The minimum Gasteiger partial charge on any atom is -0.318 e. The number of thiazole rings is 1. The summed E-state index contributed by atoms with van der Waals surface area (Å²) >= 11 is 13.7.